The third-order valence-corrected chi connectivity index (χ3v) is 5.94. The van der Waals surface area contributed by atoms with Crippen LogP contribution in [0.25, 0.3) is 32.9 Å². The van der Waals surface area contributed by atoms with E-state index in [0.29, 0.717) is 22.9 Å². The van der Waals surface area contributed by atoms with E-state index >= 15 is 0 Å². The third-order valence-electron chi connectivity index (χ3n) is 5.94. The van der Waals surface area contributed by atoms with E-state index < -0.39 is 12.0 Å². The lowest BCUT2D eigenvalue weighted by atomic mass is 9.97. The number of nitrogens with one attached hydrogen (secondary N) is 1. The van der Waals surface area contributed by atoms with Crippen molar-refractivity contribution in [3.63, 3.8) is 0 Å². The average molecular weight is 418 g/mol. The van der Waals surface area contributed by atoms with Gasteiger partial charge < -0.3 is 19.9 Å². The van der Waals surface area contributed by atoms with Gasteiger partial charge in [0, 0.05) is 28.6 Å². The van der Waals surface area contributed by atoms with Crippen LogP contribution in [0.1, 0.15) is 34.7 Å². The molecule has 1 aliphatic carbocycles. The molecule has 0 saturated heterocycles. The van der Waals surface area contributed by atoms with Crippen LogP contribution in [0.15, 0.2) is 34.9 Å². The Balaban J connectivity index is 1.85. The number of benzene rings is 2. The number of nitrogens with two attached hydrogens (primary N) is 1. The molecular formula is C23H22N4O4. The second kappa shape index (κ2) is 6.87. The minimum absolute atomic E-state index is 0.428. The van der Waals surface area contributed by atoms with Crippen molar-refractivity contribution in [2.75, 3.05) is 5.32 Å². The highest BCUT2D eigenvalue weighted by atomic mass is 16.5. The van der Waals surface area contributed by atoms with Gasteiger partial charge >= 0.3 is 6.09 Å². The van der Waals surface area contributed by atoms with Gasteiger partial charge in [0.15, 0.2) is 0 Å². The monoisotopic (exact) mass is 418 g/mol. The Morgan fingerprint density at radius 2 is 2.00 bits per heavy atom. The number of hydrogen-bond acceptors (Lipinski definition) is 4. The summed E-state index contributed by atoms with van der Waals surface area (Å²) in [7, 11) is 0. The van der Waals surface area contributed by atoms with E-state index in [1.165, 1.54) is 0 Å². The number of aromatic nitrogens is 2. The first-order valence-electron chi connectivity index (χ1n) is 10.2. The van der Waals surface area contributed by atoms with Gasteiger partial charge in [-0.3, -0.25) is 10.1 Å². The highest BCUT2D eigenvalue weighted by Crippen LogP contribution is 2.40. The highest BCUT2D eigenvalue weighted by Gasteiger charge is 2.26. The van der Waals surface area contributed by atoms with Gasteiger partial charge in [0.2, 0.25) is 0 Å². The van der Waals surface area contributed by atoms with Crippen molar-refractivity contribution in [3.8, 4) is 11.1 Å². The summed E-state index contributed by atoms with van der Waals surface area (Å²) in [4.78, 5) is 23.7. The van der Waals surface area contributed by atoms with Crippen LogP contribution >= 0.6 is 0 Å². The molecule has 31 heavy (non-hydrogen) atoms. The Bertz CT molecular complexity index is 1360. The van der Waals surface area contributed by atoms with Gasteiger partial charge in [-0.15, -0.1) is 0 Å². The lowest BCUT2D eigenvalue weighted by Gasteiger charge is -2.11. The number of primary amides is 1. The fraction of sp³-hybridized carbons (Fsp3) is 0.261. The molecule has 2 aromatic carbocycles. The van der Waals surface area contributed by atoms with E-state index in [0.717, 1.165) is 58.0 Å². The number of amides is 2. The average Bonchev–Trinajstić information content (AvgIpc) is 3.40. The number of nitrogens with zero attached hydrogens (tertiary/aromatic N) is 2. The molecule has 8 nitrogen and oxygen atoms in total. The van der Waals surface area contributed by atoms with Gasteiger partial charge in [-0.1, -0.05) is 11.2 Å². The molecule has 2 aromatic heterocycles. The Labute approximate surface area is 177 Å². The van der Waals surface area contributed by atoms with Gasteiger partial charge in [0.1, 0.15) is 5.76 Å². The summed E-state index contributed by atoms with van der Waals surface area (Å²) in [6.07, 6.45) is 1.15. The lowest BCUT2D eigenvalue weighted by Crippen LogP contribution is -2.14. The number of anilines is 1. The molecule has 0 aliphatic heterocycles. The molecule has 4 aromatic rings. The van der Waals surface area contributed by atoms with Gasteiger partial charge in [-0.2, -0.15) is 0 Å². The number of carboxylic acid groups (broad SMARTS) is 1. The van der Waals surface area contributed by atoms with Crippen molar-refractivity contribution in [1.29, 1.82) is 0 Å². The number of aryl methyl sites for hydroxylation is 2. The molecule has 1 fully saturated rings. The summed E-state index contributed by atoms with van der Waals surface area (Å²) >= 11 is 0. The molecule has 0 unspecified atom stereocenters. The van der Waals surface area contributed by atoms with Crippen LogP contribution < -0.4 is 11.1 Å². The zero-order valence-corrected chi connectivity index (χ0v) is 17.2. The normalized spacial score (nSPS) is 13.7. The summed E-state index contributed by atoms with van der Waals surface area (Å²) in [5, 5.41) is 17.4. The number of carbonyl (C=O) groups excluding carboxylic acids is 1. The maximum absolute atomic E-state index is 12.5. The minimum Gasteiger partial charge on any atom is -0.465 e. The SMILES string of the molecule is Cc1noc(C)c1-c1cc(C(N)=O)c2c(c1)c1ccc(NC(=O)O)cc1n2CC1CC1. The second-order valence-corrected chi connectivity index (χ2v) is 8.20. The Kier molecular flexibility index (Phi) is 4.25. The van der Waals surface area contributed by atoms with Crippen molar-refractivity contribution < 1.29 is 19.2 Å². The molecule has 0 bridgehead atoms. The van der Waals surface area contributed by atoms with Crippen LogP contribution in [0, 0.1) is 19.8 Å². The number of rotatable bonds is 5. The van der Waals surface area contributed by atoms with E-state index in [9.17, 15) is 9.59 Å². The van der Waals surface area contributed by atoms with Gasteiger partial charge in [0.05, 0.1) is 22.3 Å². The van der Waals surface area contributed by atoms with Crippen LogP contribution in [0.3, 0.4) is 0 Å². The van der Waals surface area contributed by atoms with Crippen molar-refractivity contribution in [2.45, 2.75) is 33.2 Å². The molecule has 158 valence electrons. The maximum Gasteiger partial charge on any atom is 0.409 e. The molecule has 8 heteroatoms. The fourth-order valence-electron chi connectivity index (χ4n) is 4.41. The van der Waals surface area contributed by atoms with Crippen LogP contribution in [-0.4, -0.2) is 26.8 Å². The van der Waals surface area contributed by atoms with Crippen LogP contribution in [0.2, 0.25) is 0 Å². The standard InChI is InChI=1S/C23H22N4O4/c1-11-20(12(2)31-26-11)14-7-17-16-6-5-15(25-23(29)30)9-19(16)27(10-13-3-4-13)21(17)18(8-14)22(24)28/h5-9,13,25H,3-4,10H2,1-2H3,(H2,24,28)(H,29,30). The highest BCUT2D eigenvalue weighted by molar-refractivity contribution is 6.17. The maximum atomic E-state index is 12.5. The summed E-state index contributed by atoms with van der Waals surface area (Å²) in [5.41, 5.74) is 10.8. The number of carbonyl (C=O) groups is 2. The van der Waals surface area contributed by atoms with Crippen molar-refractivity contribution in [1.82, 2.24) is 9.72 Å². The van der Waals surface area contributed by atoms with Crippen molar-refractivity contribution in [2.24, 2.45) is 11.7 Å². The Morgan fingerprint density at radius 1 is 1.23 bits per heavy atom. The quantitative estimate of drug-likeness (QED) is 0.435. The molecule has 5 rings (SSSR count). The molecule has 1 saturated carbocycles. The molecule has 4 N–H and O–H groups in total. The summed E-state index contributed by atoms with van der Waals surface area (Å²) in [5.74, 6) is 0.696. The summed E-state index contributed by atoms with van der Waals surface area (Å²) < 4.78 is 7.44. The van der Waals surface area contributed by atoms with Crippen LogP contribution in [0.4, 0.5) is 10.5 Å². The molecule has 0 radical (unpaired) electrons. The largest absolute Gasteiger partial charge is 0.465 e. The lowest BCUT2D eigenvalue weighted by molar-refractivity contribution is 0.100. The van der Waals surface area contributed by atoms with E-state index in [2.05, 4.69) is 15.0 Å². The van der Waals surface area contributed by atoms with Crippen LogP contribution in [0.5, 0.6) is 0 Å². The molecule has 2 amide bonds. The summed E-state index contributed by atoms with van der Waals surface area (Å²) in [6, 6.07) is 9.25. The molecule has 2 heterocycles. The smallest absolute Gasteiger partial charge is 0.409 e. The molecular weight excluding hydrogens is 396 g/mol. The summed E-state index contributed by atoms with van der Waals surface area (Å²) in [6.45, 7) is 4.45. The zero-order valence-electron chi connectivity index (χ0n) is 17.2. The predicted octanol–water partition coefficient (Wildman–Crippen LogP) is 4.67. The van der Waals surface area contributed by atoms with Crippen LogP contribution in [-0.2, 0) is 6.54 Å². The zero-order chi connectivity index (χ0) is 21.9. The molecule has 0 atom stereocenters. The first-order chi connectivity index (χ1) is 14.8. The first-order valence-corrected chi connectivity index (χ1v) is 10.2. The van der Waals surface area contributed by atoms with E-state index in [4.69, 9.17) is 15.4 Å². The van der Waals surface area contributed by atoms with E-state index in [1.54, 1.807) is 12.1 Å². The van der Waals surface area contributed by atoms with Gasteiger partial charge in [-0.25, -0.2) is 4.79 Å². The van der Waals surface area contributed by atoms with Crippen molar-refractivity contribution in [3.05, 3.63) is 47.3 Å². The van der Waals surface area contributed by atoms with E-state index in [1.807, 2.05) is 32.0 Å². The van der Waals surface area contributed by atoms with Gasteiger partial charge in [0.25, 0.3) is 5.91 Å². The second-order valence-electron chi connectivity index (χ2n) is 8.20. The fourth-order valence-corrected chi connectivity index (χ4v) is 4.41. The van der Waals surface area contributed by atoms with Gasteiger partial charge in [-0.05, 0) is 62.4 Å². The Morgan fingerprint density at radius 3 is 2.61 bits per heavy atom. The Hall–Kier alpha value is -3.81. The third kappa shape index (κ3) is 3.20. The first kappa shape index (κ1) is 19.2. The predicted molar refractivity (Wildman–Crippen MR) is 117 cm³/mol. The minimum atomic E-state index is -1.12. The molecule has 0 spiro atoms. The molecule has 1 aliphatic rings. The number of fused-ring (bicyclic) bond motifs is 3. The topological polar surface area (TPSA) is 123 Å². The number of hydrogen-bond donors (Lipinski definition) is 3. The van der Waals surface area contributed by atoms with E-state index in [-0.39, 0.29) is 0 Å². The van der Waals surface area contributed by atoms with Crippen molar-refractivity contribution >= 4 is 39.5 Å².